The summed E-state index contributed by atoms with van der Waals surface area (Å²) in [4.78, 5) is 30.5. The average molecular weight is 487 g/mol. The number of hydrogen-bond donors (Lipinski definition) is 1. The molecule has 0 amide bonds. The van der Waals surface area contributed by atoms with Crippen molar-refractivity contribution in [3.8, 4) is 0 Å². The third-order valence-corrected chi connectivity index (χ3v) is 7.60. The number of imidazole rings is 1. The van der Waals surface area contributed by atoms with E-state index in [0.717, 1.165) is 30.3 Å². The highest BCUT2D eigenvalue weighted by atomic mass is 19.4. The molecule has 192 valence electrons. The number of aryl methyl sites for hydroxylation is 1. The predicted molar refractivity (Wildman–Crippen MR) is 125 cm³/mol. The van der Waals surface area contributed by atoms with Crippen molar-refractivity contribution in [1.29, 1.82) is 0 Å². The van der Waals surface area contributed by atoms with Crippen LogP contribution in [0.2, 0.25) is 0 Å². The molecule has 3 rings (SSSR count). The minimum Gasteiger partial charge on any atom is -0.380 e. The molecular weight excluding hydrogens is 449 g/mol. The van der Waals surface area contributed by atoms with Crippen molar-refractivity contribution in [2.24, 2.45) is 24.8 Å². The predicted octanol–water partition coefficient (Wildman–Crippen LogP) is 4.23. The fourth-order valence-electron chi connectivity index (χ4n) is 4.95. The van der Waals surface area contributed by atoms with Crippen LogP contribution in [0.3, 0.4) is 0 Å². The maximum absolute atomic E-state index is 13.3. The molecule has 1 unspecified atom stereocenters. The van der Waals surface area contributed by atoms with Gasteiger partial charge in [-0.3, -0.25) is 13.9 Å². The van der Waals surface area contributed by atoms with E-state index < -0.39 is 35.9 Å². The second kappa shape index (κ2) is 10.3. The molecule has 0 radical (unpaired) electrons. The molecule has 1 N–H and O–H groups in total. The fourth-order valence-corrected chi connectivity index (χ4v) is 4.95. The minimum atomic E-state index is -4.68. The van der Waals surface area contributed by atoms with E-state index in [2.05, 4.69) is 25.8 Å². The minimum absolute atomic E-state index is 0.0328. The molecule has 0 aliphatic heterocycles. The molecule has 34 heavy (non-hydrogen) atoms. The highest BCUT2D eigenvalue weighted by Gasteiger charge is 2.54. The lowest BCUT2D eigenvalue weighted by atomic mass is 9.78. The SMILES string of the molecule is CC[C@@H](C)CCCC(C)Cn1cnc2c1c(=O)n(CC1CCC(O)(C(F)(F)F)CC1)c(=O)n2C. The number of aliphatic hydroxyl groups is 1. The smallest absolute Gasteiger partial charge is 0.380 e. The summed E-state index contributed by atoms with van der Waals surface area (Å²) >= 11 is 0. The number of rotatable bonds is 9. The lowest BCUT2D eigenvalue weighted by Crippen LogP contribution is -2.49. The van der Waals surface area contributed by atoms with Crippen molar-refractivity contribution in [1.82, 2.24) is 18.7 Å². The van der Waals surface area contributed by atoms with Crippen LogP contribution in [-0.2, 0) is 20.1 Å². The highest BCUT2D eigenvalue weighted by molar-refractivity contribution is 5.69. The topological polar surface area (TPSA) is 82.1 Å². The third kappa shape index (κ3) is 5.42. The van der Waals surface area contributed by atoms with Gasteiger partial charge in [-0.1, -0.05) is 40.0 Å². The van der Waals surface area contributed by atoms with Crippen LogP contribution in [0.1, 0.15) is 72.1 Å². The molecule has 1 fully saturated rings. The summed E-state index contributed by atoms with van der Waals surface area (Å²) in [6.07, 6.45) is 0.696. The second-order valence-corrected chi connectivity index (χ2v) is 10.3. The van der Waals surface area contributed by atoms with Crippen LogP contribution in [0.5, 0.6) is 0 Å². The Labute approximate surface area is 197 Å². The summed E-state index contributed by atoms with van der Waals surface area (Å²) in [6.45, 7) is 7.20. The first kappa shape index (κ1) is 26.5. The van der Waals surface area contributed by atoms with E-state index in [1.54, 1.807) is 17.9 Å². The second-order valence-electron chi connectivity index (χ2n) is 10.3. The van der Waals surface area contributed by atoms with Crippen molar-refractivity contribution in [2.75, 3.05) is 0 Å². The quantitative estimate of drug-likeness (QED) is 0.575. The van der Waals surface area contributed by atoms with E-state index in [1.165, 1.54) is 4.57 Å². The molecular formula is C24H37F3N4O3. The van der Waals surface area contributed by atoms with Gasteiger partial charge in [-0.05, 0) is 49.9 Å². The van der Waals surface area contributed by atoms with E-state index >= 15 is 0 Å². The molecule has 1 aliphatic rings. The monoisotopic (exact) mass is 486 g/mol. The molecule has 1 aliphatic carbocycles. The number of nitrogens with zero attached hydrogens (tertiary/aromatic N) is 4. The van der Waals surface area contributed by atoms with E-state index in [0.29, 0.717) is 29.5 Å². The van der Waals surface area contributed by atoms with Crippen molar-refractivity contribution >= 4 is 11.2 Å². The van der Waals surface area contributed by atoms with Gasteiger partial charge in [-0.2, -0.15) is 13.2 Å². The summed E-state index contributed by atoms with van der Waals surface area (Å²) in [5, 5.41) is 9.91. The van der Waals surface area contributed by atoms with Gasteiger partial charge in [0, 0.05) is 20.1 Å². The number of fused-ring (bicyclic) bond motifs is 1. The molecule has 10 heteroatoms. The van der Waals surface area contributed by atoms with Gasteiger partial charge in [0.1, 0.15) is 0 Å². The number of aromatic nitrogens is 4. The van der Waals surface area contributed by atoms with Crippen molar-refractivity contribution in [2.45, 2.75) is 97.0 Å². The van der Waals surface area contributed by atoms with Crippen LogP contribution < -0.4 is 11.2 Å². The van der Waals surface area contributed by atoms with Crippen molar-refractivity contribution in [3.05, 3.63) is 27.2 Å². The lowest BCUT2D eigenvalue weighted by molar-refractivity contribution is -0.272. The average Bonchev–Trinajstić information content (AvgIpc) is 3.19. The van der Waals surface area contributed by atoms with Gasteiger partial charge in [-0.25, -0.2) is 9.78 Å². The van der Waals surface area contributed by atoms with Crippen LogP contribution in [0.25, 0.3) is 11.2 Å². The van der Waals surface area contributed by atoms with Gasteiger partial charge in [0.05, 0.1) is 6.33 Å². The van der Waals surface area contributed by atoms with Crippen molar-refractivity contribution < 1.29 is 18.3 Å². The molecule has 2 aromatic rings. The Bertz CT molecular complexity index is 1090. The standard InChI is InChI=1S/C24H37F3N4O3/c1-5-16(2)7-6-8-17(3)13-30-15-28-20-19(30)21(32)31(22(33)29(20)4)14-18-9-11-23(34,12-10-18)24(25,26)27/h15-18,34H,5-14H2,1-4H3/t16-,17?,18?,23?/m1/s1. The van der Waals surface area contributed by atoms with E-state index in [1.807, 2.05) is 0 Å². The zero-order valence-corrected chi connectivity index (χ0v) is 20.6. The molecule has 2 atom stereocenters. The first-order chi connectivity index (χ1) is 15.9. The van der Waals surface area contributed by atoms with Crippen LogP contribution in [0, 0.1) is 17.8 Å². The van der Waals surface area contributed by atoms with Crippen LogP contribution >= 0.6 is 0 Å². The summed E-state index contributed by atoms with van der Waals surface area (Å²) in [5.74, 6) is 0.723. The van der Waals surface area contributed by atoms with E-state index in [-0.39, 0.29) is 25.3 Å². The van der Waals surface area contributed by atoms with Gasteiger partial charge in [0.25, 0.3) is 5.56 Å². The maximum Gasteiger partial charge on any atom is 0.417 e. The molecule has 1 saturated carbocycles. The lowest BCUT2D eigenvalue weighted by Gasteiger charge is -2.37. The van der Waals surface area contributed by atoms with Crippen LogP contribution in [0.15, 0.2) is 15.9 Å². The zero-order chi connectivity index (χ0) is 25.3. The number of hydrogen-bond acceptors (Lipinski definition) is 4. The summed E-state index contributed by atoms with van der Waals surface area (Å²) < 4.78 is 43.6. The Morgan fingerprint density at radius 1 is 1.18 bits per heavy atom. The molecule has 0 saturated heterocycles. The summed E-state index contributed by atoms with van der Waals surface area (Å²) in [6, 6.07) is 0. The molecule has 2 heterocycles. The Morgan fingerprint density at radius 3 is 2.38 bits per heavy atom. The normalized spacial score (nSPS) is 23.4. The zero-order valence-electron chi connectivity index (χ0n) is 20.6. The Kier molecular flexibility index (Phi) is 7.99. The van der Waals surface area contributed by atoms with Gasteiger partial charge in [0.2, 0.25) is 0 Å². The third-order valence-electron chi connectivity index (χ3n) is 7.60. The molecule has 0 aromatic carbocycles. The largest absolute Gasteiger partial charge is 0.417 e. The van der Waals surface area contributed by atoms with Gasteiger partial charge in [0.15, 0.2) is 16.8 Å². The molecule has 2 aromatic heterocycles. The summed E-state index contributed by atoms with van der Waals surface area (Å²) in [5.41, 5.74) is -3.01. The molecule has 0 bridgehead atoms. The summed E-state index contributed by atoms with van der Waals surface area (Å²) in [7, 11) is 1.55. The fraction of sp³-hybridized carbons (Fsp3) is 0.792. The first-order valence-electron chi connectivity index (χ1n) is 12.3. The molecule has 7 nitrogen and oxygen atoms in total. The van der Waals surface area contributed by atoms with E-state index in [4.69, 9.17) is 0 Å². The van der Waals surface area contributed by atoms with E-state index in [9.17, 15) is 27.9 Å². The van der Waals surface area contributed by atoms with Gasteiger partial charge in [-0.15, -0.1) is 0 Å². The van der Waals surface area contributed by atoms with Crippen LogP contribution in [0.4, 0.5) is 13.2 Å². The van der Waals surface area contributed by atoms with Gasteiger partial charge < -0.3 is 9.67 Å². The van der Waals surface area contributed by atoms with Crippen molar-refractivity contribution in [3.63, 3.8) is 0 Å². The van der Waals surface area contributed by atoms with Crippen LogP contribution in [-0.4, -0.2) is 35.6 Å². The number of alkyl halides is 3. The Hall–Kier alpha value is -2.10. The Balaban J connectivity index is 1.79. The number of halogens is 3. The Morgan fingerprint density at radius 2 is 1.79 bits per heavy atom. The first-order valence-corrected chi connectivity index (χ1v) is 12.3. The molecule has 0 spiro atoms. The van der Waals surface area contributed by atoms with Gasteiger partial charge >= 0.3 is 11.9 Å². The highest BCUT2D eigenvalue weighted by Crippen LogP contribution is 2.43. The maximum atomic E-state index is 13.3.